The van der Waals surface area contributed by atoms with Crippen LogP contribution in [0.15, 0.2) is 48.5 Å². The molecule has 0 aliphatic heterocycles. The van der Waals surface area contributed by atoms with E-state index < -0.39 is 0 Å². The van der Waals surface area contributed by atoms with Gasteiger partial charge in [-0.25, -0.2) is 0 Å². The van der Waals surface area contributed by atoms with Crippen molar-refractivity contribution in [1.29, 1.82) is 0 Å². The maximum absolute atomic E-state index is 5.30. The van der Waals surface area contributed by atoms with E-state index in [2.05, 4.69) is 76.5 Å². The van der Waals surface area contributed by atoms with Crippen molar-refractivity contribution in [3.63, 3.8) is 0 Å². The molecule has 0 saturated carbocycles. The smallest absolute Gasteiger partial charge is 0.204 e. The molecule has 0 fully saturated rings. The third-order valence-electron chi connectivity index (χ3n) is 5.60. The Morgan fingerprint density at radius 1 is 0.667 bits per heavy atom. The van der Waals surface area contributed by atoms with E-state index in [9.17, 15) is 0 Å². The Hall–Kier alpha value is -2.04. The molecule has 2 aromatic carbocycles. The molecule has 2 aromatic rings. The lowest BCUT2D eigenvalue weighted by Gasteiger charge is -2.30. The van der Waals surface area contributed by atoms with Gasteiger partial charge in [0, 0.05) is 24.0 Å². The quantitative estimate of drug-likeness (QED) is 0.626. The molecule has 0 aromatic heterocycles. The summed E-state index contributed by atoms with van der Waals surface area (Å²) in [5, 5.41) is 0. The van der Waals surface area contributed by atoms with Gasteiger partial charge in [0.1, 0.15) is 23.6 Å². The molecule has 0 radical (unpaired) electrons. The summed E-state index contributed by atoms with van der Waals surface area (Å²) in [5.41, 5.74) is 2.75. The van der Waals surface area contributed by atoms with Crippen LogP contribution in [0.2, 0.25) is 0 Å². The maximum Gasteiger partial charge on any atom is 0.204 e. The van der Waals surface area contributed by atoms with Gasteiger partial charge in [-0.15, -0.1) is 0 Å². The molecule has 0 spiro atoms. The van der Waals surface area contributed by atoms with Gasteiger partial charge in [-0.2, -0.15) is 0 Å². The van der Waals surface area contributed by atoms with Crippen molar-refractivity contribution in [2.45, 2.75) is 38.8 Å². The summed E-state index contributed by atoms with van der Waals surface area (Å²) in [4.78, 5) is 3.07. The molecule has 0 aliphatic carbocycles. The van der Waals surface area contributed by atoms with Crippen molar-refractivity contribution >= 4 is 0 Å². The molecule has 4 nitrogen and oxygen atoms in total. The van der Waals surface area contributed by atoms with Crippen LogP contribution in [0.3, 0.4) is 0 Å². The van der Waals surface area contributed by atoms with E-state index in [4.69, 9.17) is 9.47 Å². The summed E-state index contributed by atoms with van der Waals surface area (Å²) < 4.78 is 10.6. The normalized spacial score (nSPS) is 15.6. The van der Waals surface area contributed by atoms with E-state index in [1.54, 1.807) is 14.2 Å². The summed E-state index contributed by atoms with van der Waals surface area (Å²) in [6, 6.07) is 18.0. The Balaban J connectivity index is 2.08. The third kappa shape index (κ3) is 5.47. The van der Waals surface area contributed by atoms with Gasteiger partial charge in [-0.1, -0.05) is 13.8 Å². The van der Waals surface area contributed by atoms with E-state index in [-0.39, 0.29) is 0 Å². The Kier molecular flexibility index (Phi) is 8.14. The van der Waals surface area contributed by atoms with Crippen molar-refractivity contribution in [2.24, 2.45) is 0 Å². The first-order valence-corrected chi connectivity index (χ1v) is 9.96. The van der Waals surface area contributed by atoms with Crippen LogP contribution in [0.5, 0.6) is 11.5 Å². The van der Waals surface area contributed by atoms with Crippen molar-refractivity contribution in [1.82, 2.24) is 0 Å². The molecule has 0 amide bonds. The zero-order valence-corrected chi connectivity index (χ0v) is 17.7. The lowest BCUT2D eigenvalue weighted by Crippen LogP contribution is -3.29. The van der Waals surface area contributed by atoms with E-state index in [1.807, 2.05) is 0 Å². The van der Waals surface area contributed by atoms with Gasteiger partial charge in [0.2, 0.25) is 6.67 Å². The zero-order chi connectivity index (χ0) is 19.8. The number of hydrogen-bond acceptors (Lipinski definition) is 2. The van der Waals surface area contributed by atoms with Crippen LogP contribution < -0.4 is 19.3 Å². The minimum absolute atomic E-state index is 0.485. The predicted molar refractivity (Wildman–Crippen MR) is 111 cm³/mol. The number of quaternary nitrogens is 2. The Morgan fingerprint density at radius 3 is 1.26 bits per heavy atom. The SMILES string of the molecule is CC[C@@H](c1ccc(OC)cc1)[NH+](C)C[NH+](C)[C@@H](CC)c1ccc(OC)cc1. The first-order chi connectivity index (χ1) is 13.0. The van der Waals surface area contributed by atoms with Crippen LogP contribution >= 0.6 is 0 Å². The monoisotopic (exact) mass is 372 g/mol. The molecular formula is C23H36N2O2+2. The number of nitrogens with one attached hydrogen (secondary N) is 2. The summed E-state index contributed by atoms with van der Waals surface area (Å²) in [5.74, 6) is 1.83. The van der Waals surface area contributed by atoms with Crippen LogP contribution in [0.4, 0.5) is 0 Å². The lowest BCUT2D eigenvalue weighted by molar-refractivity contribution is -1.10. The topological polar surface area (TPSA) is 27.3 Å². The minimum atomic E-state index is 0.485. The standard InChI is InChI=1S/C23H34N2O2/c1-7-22(18-9-13-20(26-5)14-10-18)24(3)17-25(4)23(8-2)19-11-15-21(27-6)16-12-19/h9-16,22-23H,7-8,17H2,1-6H3/p+2/t22-,23-/m0/s1. The largest absolute Gasteiger partial charge is 0.497 e. The fourth-order valence-electron chi connectivity index (χ4n) is 4.10. The minimum Gasteiger partial charge on any atom is -0.497 e. The van der Waals surface area contributed by atoms with E-state index in [0.29, 0.717) is 12.1 Å². The first kappa shape index (κ1) is 21.3. The molecule has 2 rings (SSSR count). The second kappa shape index (κ2) is 10.3. The molecule has 0 bridgehead atoms. The average Bonchev–Trinajstić information content (AvgIpc) is 2.70. The number of rotatable bonds is 10. The molecule has 0 saturated heterocycles. The lowest BCUT2D eigenvalue weighted by atomic mass is 10.0. The molecule has 27 heavy (non-hydrogen) atoms. The molecule has 148 valence electrons. The first-order valence-electron chi connectivity index (χ1n) is 9.96. The van der Waals surface area contributed by atoms with Gasteiger partial charge >= 0.3 is 0 Å². The molecule has 4 atom stereocenters. The average molecular weight is 373 g/mol. The molecule has 0 aliphatic rings. The maximum atomic E-state index is 5.30. The predicted octanol–water partition coefficient (Wildman–Crippen LogP) is 2.29. The second-order valence-electron chi connectivity index (χ2n) is 7.34. The van der Waals surface area contributed by atoms with Gasteiger partial charge in [0.05, 0.1) is 28.3 Å². The van der Waals surface area contributed by atoms with Crippen LogP contribution in [-0.2, 0) is 0 Å². The van der Waals surface area contributed by atoms with Gasteiger partial charge in [0.15, 0.2) is 0 Å². The van der Waals surface area contributed by atoms with Crippen LogP contribution in [-0.4, -0.2) is 35.0 Å². The highest BCUT2D eigenvalue weighted by molar-refractivity contribution is 5.29. The fourth-order valence-corrected chi connectivity index (χ4v) is 4.10. The van der Waals surface area contributed by atoms with Gasteiger partial charge in [-0.05, 0) is 48.5 Å². The Morgan fingerprint density at radius 2 is 1.00 bits per heavy atom. The van der Waals surface area contributed by atoms with Crippen molar-refractivity contribution in [2.75, 3.05) is 35.0 Å². The summed E-state index contributed by atoms with van der Waals surface area (Å²) in [6.07, 6.45) is 2.23. The fraction of sp³-hybridized carbons (Fsp3) is 0.478. The summed E-state index contributed by atoms with van der Waals surface area (Å²) in [7, 11) is 8.05. The van der Waals surface area contributed by atoms with Crippen LogP contribution in [0, 0.1) is 0 Å². The van der Waals surface area contributed by atoms with Gasteiger partial charge < -0.3 is 9.47 Å². The number of methoxy groups -OCH3 is 2. The summed E-state index contributed by atoms with van der Waals surface area (Å²) in [6.45, 7) is 5.61. The highest BCUT2D eigenvalue weighted by atomic mass is 16.5. The zero-order valence-electron chi connectivity index (χ0n) is 17.7. The summed E-state index contributed by atoms with van der Waals surface area (Å²) >= 11 is 0. The number of ether oxygens (including phenoxy) is 2. The van der Waals surface area contributed by atoms with Crippen molar-refractivity contribution in [3.05, 3.63) is 59.7 Å². The highest BCUT2D eigenvalue weighted by Gasteiger charge is 2.26. The molecular weight excluding hydrogens is 336 g/mol. The van der Waals surface area contributed by atoms with Crippen LogP contribution in [0.25, 0.3) is 0 Å². The number of hydrogen-bond donors (Lipinski definition) is 2. The van der Waals surface area contributed by atoms with E-state index in [0.717, 1.165) is 31.0 Å². The molecule has 4 heteroatoms. The third-order valence-corrected chi connectivity index (χ3v) is 5.60. The van der Waals surface area contributed by atoms with Crippen molar-refractivity contribution < 1.29 is 19.3 Å². The molecule has 2 N–H and O–H groups in total. The van der Waals surface area contributed by atoms with Gasteiger partial charge in [-0.3, -0.25) is 9.80 Å². The highest BCUT2D eigenvalue weighted by Crippen LogP contribution is 2.19. The second-order valence-corrected chi connectivity index (χ2v) is 7.34. The van der Waals surface area contributed by atoms with E-state index in [1.165, 1.54) is 20.9 Å². The van der Waals surface area contributed by atoms with E-state index >= 15 is 0 Å². The Labute approximate surface area is 164 Å². The molecule has 2 unspecified atom stereocenters. The molecule has 0 heterocycles. The van der Waals surface area contributed by atoms with Gasteiger partial charge in [0.25, 0.3) is 0 Å². The number of benzene rings is 2. The van der Waals surface area contributed by atoms with Crippen LogP contribution in [0.1, 0.15) is 49.9 Å². The van der Waals surface area contributed by atoms with Crippen molar-refractivity contribution in [3.8, 4) is 11.5 Å². The Bertz CT molecular complexity index is 610.